The van der Waals surface area contributed by atoms with Gasteiger partial charge in [0.25, 0.3) is 11.8 Å². The summed E-state index contributed by atoms with van der Waals surface area (Å²) in [5.41, 5.74) is 5.23. The Morgan fingerprint density at radius 1 is 0.860 bits per heavy atom. The minimum atomic E-state index is -0.947. The van der Waals surface area contributed by atoms with E-state index in [1.165, 1.54) is 0 Å². The number of carbonyl (C=O) groups is 4. The molecule has 1 N–H and O–H groups in total. The van der Waals surface area contributed by atoms with Crippen LogP contribution < -0.4 is 5.32 Å². The first-order chi connectivity index (χ1) is 20.9. The van der Waals surface area contributed by atoms with Crippen LogP contribution in [-0.2, 0) is 16.1 Å². The van der Waals surface area contributed by atoms with Crippen molar-refractivity contribution in [2.75, 3.05) is 19.6 Å². The van der Waals surface area contributed by atoms with Crippen LogP contribution in [0.2, 0.25) is 0 Å². The molecule has 2 fully saturated rings. The van der Waals surface area contributed by atoms with Crippen LogP contribution in [0.25, 0.3) is 22.3 Å². The van der Waals surface area contributed by atoms with Gasteiger partial charge in [0, 0.05) is 24.7 Å². The molecule has 11 nitrogen and oxygen atoms in total. The van der Waals surface area contributed by atoms with Crippen LogP contribution in [0.3, 0.4) is 0 Å². The lowest BCUT2D eigenvalue weighted by atomic mass is 9.88. The molecule has 2 saturated heterocycles. The standard InChI is InChI=1S/C32H31N7O4/c40-29-9-8-28(30(41)36-29)39-31(42)23-7-6-21(16-24(23)32(39)43)20-10-14-37(15-11-20)12-3-13-38-19-22(17-34-38)27-18-33-25-4-1-2-5-26(25)35-27/h1-2,4-7,16-20,28H,3,8-15H2,(H,36,40,41). The minimum Gasteiger partial charge on any atom is -0.303 e. The summed E-state index contributed by atoms with van der Waals surface area (Å²) < 4.78 is 1.96. The molecule has 0 saturated carbocycles. The summed E-state index contributed by atoms with van der Waals surface area (Å²) in [4.78, 5) is 62.8. The van der Waals surface area contributed by atoms with E-state index in [9.17, 15) is 19.2 Å². The van der Waals surface area contributed by atoms with Crippen molar-refractivity contribution in [3.05, 3.63) is 77.7 Å². The Hall–Kier alpha value is -4.77. The normalized spacial score (nSPS) is 19.7. The zero-order chi connectivity index (χ0) is 29.5. The molecule has 2 aromatic carbocycles. The van der Waals surface area contributed by atoms with Crippen LogP contribution in [0.1, 0.15) is 64.3 Å². The number of nitrogens with zero attached hydrogens (tertiary/aromatic N) is 6. The molecule has 3 aliphatic rings. The lowest BCUT2D eigenvalue weighted by Gasteiger charge is -2.32. The number of benzene rings is 2. The Morgan fingerprint density at radius 3 is 2.47 bits per heavy atom. The quantitative estimate of drug-likeness (QED) is 0.332. The molecular formula is C32H31N7O4. The molecule has 2 aromatic heterocycles. The number of rotatable bonds is 7. The van der Waals surface area contributed by atoms with Gasteiger partial charge in [-0.3, -0.25) is 39.1 Å². The smallest absolute Gasteiger partial charge is 0.262 e. The number of fused-ring (bicyclic) bond motifs is 2. The van der Waals surface area contributed by atoms with E-state index < -0.39 is 23.8 Å². The highest BCUT2D eigenvalue weighted by Crippen LogP contribution is 2.33. The summed E-state index contributed by atoms with van der Waals surface area (Å²) in [5, 5.41) is 6.77. The van der Waals surface area contributed by atoms with E-state index in [-0.39, 0.29) is 18.7 Å². The van der Waals surface area contributed by atoms with Crippen molar-refractivity contribution in [1.82, 2.24) is 34.9 Å². The molecule has 3 aliphatic heterocycles. The Balaban J connectivity index is 0.920. The van der Waals surface area contributed by atoms with Gasteiger partial charge < -0.3 is 4.90 Å². The van der Waals surface area contributed by atoms with E-state index in [2.05, 4.69) is 20.3 Å². The number of piperidine rings is 2. The highest BCUT2D eigenvalue weighted by Gasteiger charge is 2.44. The number of likely N-dealkylation sites (tertiary alicyclic amines) is 1. The molecule has 11 heteroatoms. The fourth-order valence-electron chi connectivity index (χ4n) is 6.40. The molecule has 0 spiro atoms. The Bertz CT molecular complexity index is 1760. The molecule has 5 heterocycles. The molecule has 218 valence electrons. The van der Waals surface area contributed by atoms with E-state index >= 15 is 0 Å². The van der Waals surface area contributed by atoms with Crippen LogP contribution in [0.4, 0.5) is 0 Å². The highest BCUT2D eigenvalue weighted by atomic mass is 16.2. The first-order valence-electron chi connectivity index (χ1n) is 14.8. The molecule has 1 atom stereocenters. The number of hydrogen-bond donors (Lipinski definition) is 1. The molecule has 1 unspecified atom stereocenters. The Kier molecular flexibility index (Phi) is 7.02. The first-order valence-corrected chi connectivity index (χ1v) is 14.8. The molecule has 0 bridgehead atoms. The minimum absolute atomic E-state index is 0.108. The topological polar surface area (TPSA) is 130 Å². The van der Waals surface area contributed by atoms with Gasteiger partial charge in [0.15, 0.2) is 0 Å². The molecular weight excluding hydrogens is 546 g/mol. The van der Waals surface area contributed by atoms with Gasteiger partial charge in [0.2, 0.25) is 11.8 Å². The predicted molar refractivity (Wildman–Crippen MR) is 157 cm³/mol. The van der Waals surface area contributed by atoms with Gasteiger partial charge in [-0.2, -0.15) is 5.10 Å². The van der Waals surface area contributed by atoms with Crippen LogP contribution in [-0.4, -0.2) is 78.9 Å². The largest absolute Gasteiger partial charge is 0.303 e. The maximum atomic E-state index is 13.2. The number of aromatic nitrogens is 4. The third-order valence-electron chi connectivity index (χ3n) is 8.76. The summed E-state index contributed by atoms with van der Waals surface area (Å²) in [6, 6.07) is 12.4. The van der Waals surface area contributed by atoms with Crippen molar-refractivity contribution in [2.45, 2.75) is 50.6 Å². The molecule has 43 heavy (non-hydrogen) atoms. The van der Waals surface area contributed by atoms with Crippen molar-refractivity contribution in [3.63, 3.8) is 0 Å². The van der Waals surface area contributed by atoms with Crippen molar-refractivity contribution in [2.24, 2.45) is 0 Å². The molecule has 0 radical (unpaired) electrons. The van der Waals surface area contributed by atoms with E-state index in [0.29, 0.717) is 17.0 Å². The molecule has 0 aliphatic carbocycles. The second kappa shape index (κ2) is 11.1. The van der Waals surface area contributed by atoms with E-state index in [4.69, 9.17) is 4.98 Å². The van der Waals surface area contributed by atoms with Crippen LogP contribution >= 0.6 is 0 Å². The Morgan fingerprint density at radius 2 is 1.65 bits per heavy atom. The Labute approximate surface area is 247 Å². The lowest BCUT2D eigenvalue weighted by Crippen LogP contribution is -2.54. The van der Waals surface area contributed by atoms with Gasteiger partial charge in [0.05, 0.1) is 40.2 Å². The number of amides is 4. The number of aryl methyl sites for hydroxylation is 1. The summed E-state index contributed by atoms with van der Waals surface area (Å²) in [5.74, 6) is -1.60. The number of para-hydroxylation sites is 2. The van der Waals surface area contributed by atoms with Crippen molar-refractivity contribution in [1.29, 1.82) is 0 Å². The zero-order valence-electron chi connectivity index (χ0n) is 23.6. The predicted octanol–water partition coefficient (Wildman–Crippen LogP) is 3.16. The second-order valence-electron chi connectivity index (χ2n) is 11.5. The number of nitrogens with one attached hydrogen (secondary N) is 1. The average molecular weight is 578 g/mol. The summed E-state index contributed by atoms with van der Waals surface area (Å²) in [7, 11) is 0. The molecule has 7 rings (SSSR count). The maximum absolute atomic E-state index is 13.2. The van der Waals surface area contributed by atoms with Crippen molar-refractivity contribution >= 4 is 34.7 Å². The van der Waals surface area contributed by atoms with Gasteiger partial charge in [-0.1, -0.05) is 18.2 Å². The third kappa shape index (κ3) is 5.20. The lowest BCUT2D eigenvalue weighted by molar-refractivity contribution is -0.136. The van der Waals surface area contributed by atoms with Crippen molar-refractivity contribution < 1.29 is 19.2 Å². The number of imide groups is 2. The molecule has 4 aromatic rings. The van der Waals surface area contributed by atoms with Crippen LogP contribution in [0.15, 0.2) is 61.1 Å². The zero-order valence-corrected chi connectivity index (χ0v) is 23.6. The van der Waals surface area contributed by atoms with E-state index in [1.807, 2.05) is 53.5 Å². The summed E-state index contributed by atoms with van der Waals surface area (Å²) >= 11 is 0. The molecule has 4 amide bonds. The van der Waals surface area contributed by atoms with Gasteiger partial charge in [-0.15, -0.1) is 0 Å². The van der Waals surface area contributed by atoms with Gasteiger partial charge in [-0.25, -0.2) is 4.98 Å². The van der Waals surface area contributed by atoms with Gasteiger partial charge in [-0.05, 0) is 81.1 Å². The first kappa shape index (κ1) is 27.1. The SMILES string of the molecule is O=C1CCC(N2C(=O)c3ccc(C4CCN(CCCn5cc(-c6cnc7ccccc7n6)cn5)CC4)cc3C2=O)C(=O)N1. The van der Waals surface area contributed by atoms with Crippen LogP contribution in [0, 0.1) is 0 Å². The average Bonchev–Trinajstić information content (AvgIpc) is 3.59. The number of carbonyl (C=O) groups excluding carboxylic acids is 4. The van der Waals surface area contributed by atoms with Crippen LogP contribution in [0.5, 0.6) is 0 Å². The van der Waals surface area contributed by atoms with Crippen molar-refractivity contribution in [3.8, 4) is 11.3 Å². The fraction of sp³-hybridized carbons (Fsp3) is 0.344. The summed E-state index contributed by atoms with van der Waals surface area (Å²) in [6.45, 7) is 3.68. The maximum Gasteiger partial charge on any atom is 0.262 e. The van der Waals surface area contributed by atoms with E-state index in [0.717, 1.165) is 78.2 Å². The highest BCUT2D eigenvalue weighted by molar-refractivity contribution is 6.23. The second-order valence-corrected chi connectivity index (χ2v) is 11.5. The van der Waals surface area contributed by atoms with Gasteiger partial charge in [0.1, 0.15) is 6.04 Å². The summed E-state index contributed by atoms with van der Waals surface area (Å²) in [6.07, 6.45) is 8.81. The van der Waals surface area contributed by atoms with Gasteiger partial charge >= 0.3 is 0 Å². The van der Waals surface area contributed by atoms with E-state index in [1.54, 1.807) is 12.3 Å². The number of hydrogen-bond acceptors (Lipinski definition) is 8. The monoisotopic (exact) mass is 577 g/mol. The third-order valence-corrected chi connectivity index (χ3v) is 8.76. The fourth-order valence-corrected chi connectivity index (χ4v) is 6.40.